The Labute approximate surface area is 126 Å². The van der Waals surface area contributed by atoms with E-state index in [1.807, 2.05) is 0 Å². The van der Waals surface area contributed by atoms with E-state index in [1.165, 1.54) is 31.3 Å². The highest BCUT2D eigenvalue weighted by Gasteiger charge is 2.08. The lowest BCUT2D eigenvalue weighted by Gasteiger charge is -2.02. The molecule has 0 saturated carbocycles. The molecule has 2 aromatic rings. The maximum Gasteiger partial charge on any atom is 0.274 e. The standard InChI is InChI=1S/C16H14FN3O2/c1-11(21)19-13-8-6-12(7-9-13)10-18-20-16(22)14-4-2-3-5-15(14)17/h2-10H,1H3,(H,19,21)(H,20,22)/b18-10+. The van der Waals surface area contributed by atoms with Crippen molar-refractivity contribution >= 4 is 23.7 Å². The first-order chi connectivity index (χ1) is 10.6. The highest BCUT2D eigenvalue weighted by atomic mass is 19.1. The van der Waals surface area contributed by atoms with E-state index in [9.17, 15) is 14.0 Å². The largest absolute Gasteiger partial charge is 0.326 e. The fourth-order valence-corrected chi connectivity index (χ4v) is 1.73. The number of hydrogen-bond donors (Lipinski definition) is 2. The van der Waals surface area contributed by atoms with E-state index in [0.29, 0.717) is 5.69 Å². The summed E-state index contributed by atoms with van der Waals surface area (Å²) in [5.41, 5.74) is 3.58. The molecule has 0 aliphatic heterocycles. The molecule has 0 aliphatic carbocycles. The minimum Gasteiger partial charge on any atom is -0.326 e. The van der Waals surface area contributed by atoms with Gasteiger partial charge in [0, 0.05) is 12.6 Å². The summed E-state index contributed by atoms with van der Waals surface area (Å²) in [6.45, 7) is 1.42. The molecule has 2 aromatic carbocycles. The van der Waals surface area contributed by atoms with E-state index < -0.39 is 11.7 Å². The molecule has 2 amide bonds. The molecule has 2 N–H and O–H groups in total. The highest BCUT2D eigenvalue weighted by Crippen LogP contribution is 2.08. The molecule has 0 bridgehead atoms. The van der Waals surface area contributed by atoms with Crippen LogP contribution in [0.4, 0.5) is 10.1 Å². The molecule has 0 heterocycles. The maximum atomic E-state index is 13.4. The number of nitrogens with zero attached hydrogens (tertiary/aromatic N) is 1. The lowest BCUT2D eigenvalue weighted by atomic mass is 10.2. The van der Waals surface area contributed by atoms with Gasteiger partial charge in [0.15, 0.2) is 0 Å². The van der Waals surface area contributed by atoms with Gasteiger partial charge in [0.1, 0.15) is 5.82 Å². The van der Waals surface area contributed by atoms with Gasteiger partial charge in [-0.3, -0.25) is 9.59 Å². The van der Waals surface area contributed by atoms with Crippen LogP contribution in [0.1, 0.15) is 22.8 Å². The van der Waals surface area contributed by atoms with Gasteiger partial charge in [0.2, 0.25) is 5.91 Å². The zero-order chi connectivity index (χ0) is 15.9. The van der Waals surface area contributed by atoms with Crippen molar-refractivity contribution in [3.8, 4) is 0 Å². The lowest BCUT2D eigenvalue weighted by molar-refractivity contribution is -0.114. The number of carbonyl (C=O) groups excluding carboxylic acids is 2. The predicted octanol–water partition coefficient (Wildman–Crippen LogP) is 2.55. The number of halogens is 1. The van der Waals surface area contributed by atoms with Gasteiger partial charge in [-0.15, -0.1) is 0 Å². The average molecular weight is 299 g/mol. The smallest absolute Gasteiger partial charge is 0.274 e. The predicted molar refractivity (Wildman–Crippen MR) is 82.2 cm³/mol. The zero-order valence-corrected chi connectivity index (χ0v) is 11.8. The van der Waals surface area contributed by atoms with Gasteiger partial charge < -0.3 is 5.32 Å². The second-order valence-electron chi connectivity index (χ2n) is 4.48. The number of amides is 2. The molecule has 2 rings (SSSR count). The zero-order valence-electron chi connectivity index (χ0n) is 11.8. The molecule has 5 nitrogen and oxygen atoms in total. The number of hydrazone groups is 1. The van der Waals surface area contributed by atoms with E-state index in [1.54, 1.807) is 30.3 Å². The maximum absolute atomic E-state index is 13.4. The van der Waals surface area contributed by atoms with Crippen molar-refractivity contribution in [3.63, 3.8) is 0 Å². The van der Waals surface area contributed by atoms with Crippen LogP contribution in [0.3, 0.4) is 0 Å². The molecule has 0 aromatic heterocycles. The van der Waals surface area contributed by atoms with Crippen molar-refractivity contribution in [2.75, 3.05) is 5.32 Å². The SMILES string of the molecule is CC(=O)Nc1ccc(/C=N/NC(=O)c2ccccc2F)cc1. The van der Waals surface area contributed by atoms with Gasteiger partial charge in [0.05, 0.1) is 11.8 Å². The average Bonchev–Trinajstić information content (AvgIpc) is 2.49. The summed E-state index contributed by atoms with van der Waals surface area (Å²) in [7, 11) is 0. The topological polar surface area (TPSA) is 70.6 Å². The minimum atomic E-state index is -0.621. The first-order valence-electron chi connectivity index (χ1n) is 6.52. The fourth-order valence-electron chi connectivity index (χ4n) is 1.73. The summed E-state index contributed by atoms with van der Waals surface area (Å²) in [6.07, 6.45) is 1.43. The first kappa shape index (κ1) is 15.4. The Kier molecular flexibility index (Phi) is 4.98. The van der Waals surface area contributed by atoms with Crippen molar-refractivity contribution in [2.24, 2.45) is 5.10 Å². The van der Waals surface area contributed by atoms with Crippen LogP contribution in [0.2, 0.25) is 0 Å². The minimum absolute atomic E-state index is 0.0688. The van der Waals surface area contributed by atoms with Gasteiger partial charge >= 0.3 is 0 Å². The lowest BCUT2D eigenvalue weighted by Crippen LogP contribution is -2.18. The van der Waals surface area contributed by atoms with Crippen molar-refractivity contribution in [2.45, 2.75) is 6.92 Å². The molecule has 0 fully saturated rings. The second-order valence-corrected chi connectivity index (χ2v) is 4.48. The summed E-state index contributed by atoms with van der Waals surface area (Å²) < 4.78 is 13.4. The van der Waals surface area contributed by atoms with Gasteiger partial charge in [-0.2, -0.15) is 5.10 Å². The van der Waals surface area contributed by atoms with Crippen molar-refractivity contribution in [1.29, 1.82) is 0 Å². The summed E-state index contributed by atoms with van der Waals surface area (Å²) in [5.74, 6) is -1.38. The number of hydrogen-bond acceptors (Lipinski definition) is 3. The summed E-state index contributed by atoms with van der Waals surface area (Å²) in [5, 5.41) is 6.41. The molecule has 6 heteroatoms. The fraction of sp³-hybridized carbons (Fsp3) is 0.0625. The monoisotopic (exact) mass is 299 g/mol. The van der Waals surface area contributed by atoms with Crippen LogP contribution in [0.15, 0.2) is 53.6 Å². The van der Waals surface area contributed by atoms with E-state index in [-0.39, 0.29) is 11.5 Å². The number of carbonyl (C=O) groups is 2. The number of benzene rings is 2. The van der Waals surface area contributed by atoms with Crippen LogP contribution in [0.25, 0.3) is 0 Å². The van der Waals surface area contributed by atoms with Crippen LogP contribution in [0, 0.1) is 5.82 Å². The quantitative estimate of drug-likeness (QED) is 0.673. The molecule has 0 spiro atoms. The van der Waals surface area contributed by atoms with Crippen LogP contribution in [0.5, 0.6) is 0 Å². The van der Waals surface area contributed by atoms with Crippen LogP contribution >= 0.6 is 0 Å². The number of rotatable bonds is 4. The molecular weight excluding hydrogens is 285 g/mol. The van der Waals surface area contributed by atoms with Gasteiger partial charge in [-0.1, -0.05) is 24.3 Å². The molecule has 0 saturated heterocycles. The Morgan fingerprint density at radius 2 is 1.77 bits per heavy atom. The van der Waals surface area contributed by atoms with E-state index in [2.05, 4.69) is 15.8 Å². The molecule has 0 aliphatic rings. The van der Waals surface area contributed by atoms with Crippen molar-refractivity contribution in [1.82, 2.24) is 5.43 Å². The summed E-state index contributed by atoms with van der Waals surface area (Å²) >= 11 is 0. The molecule has 22 heavy (non-hydrogen) atoms. The third-order valence-corrected chi connectivity index (χ3v) is 2.73. The highest BCUT2D eigenvalue weighted by molar-refractivity contribution is 5.95. The normalized spacial score (nSPS) is 10.5. The second kappa shape index (κ2) is 7.12. The van der Waals surface area contributed by atoms with Gasteiger partial charge in [0.25, 0.3) is 5.91 Å². The number of nitrogens with one attached hydrogen (secondary N) is 2. The van der Waals surface area contributed by atoms with Crippen LogP contribution in [-0.4, -0.2) is 18.0 Å². The van der Waals surface area contributed by atoms with E-state index in [4.69, 9.17) is 0 Å². The third kappa shape index (κ3) is 4.24. The van der Waals surface area contributed by atoms with Gasteiger partial charge in [-0.25, -0.2) is 9.82 Å². The molecular formula is C16H14FN3O2. The van der Waals surface area contributed by atoms with Crippen LogP contribution < -0.4 is 10.7 Å². The Bertz CT molecular complexity index is 712. The Morgan fingerprint density at radius 3 is 2.41 bits per heavy atom. The van der Waals surface area contributed by atoms with Crippen molar-refractivity contribution in [3.05, 3.63) is 65.5 Å². The molecule has 0 unspecified atom stereocenters. The molecule has 112 valence electrons. The van der Waals surface area contributed by atoms with E-state index in [0.717, 1.165) is 5.56 Å². The van der Waals surface area contributed by atoms with Crippen LogP contribution in [-0.2, 0) is 4.79 Å². The summed E-state index contributed by atoms with van der Waals surface area (Å²) in [4.78, 5) is 22.6. The third-order valence-electron chi connectivity index (χ3n) is 2.73. The molecule has 0 radical (unpaired) electrons. The molecule has 0 atom stereocenters. The van der Waals surface area contributed by atoms with E-state index >= 15 is 0 Å². The first-order valence-corrected chi connectivity index (χ1v) is 6.52. The van der Waals surface area contributed by atoms with Crippen molar-refractivity contribution < 1.29 is 14.0 Å². The van der Waals surface area contributed by atoms with Gasteiger partial charge in [-0.05, 0) is 29.8 Å². The Morgan fingerprint density at radius 1 is 1.09 bits per heavy atom. The Balaban J connectivity index is 1.96. The Hall–Kier alpha value is -3.02. The number of anilines is 1. The summed E-state index contributed by atoms with van der Waals surface area (Å²) in [6, 6.07) is 12.5.